The second kappa shape index (κ2) is 5.96. The van der Waals surface area contributed by atoms with E-state index in [1.54, 1.807) is 0 Å². The van der Waals surface area contributed by atoms with Crippen molar-refractivity contribution < 1.29 is 0 Å². The minimum atomic E-state index is -0.174. The van der Waals surface area contributed by atoms with E-state index < -0.39 is 0 Å². The molecule has 0 atom stereocenters. The van der Waals surface area contributed by atoms with Gasteiger partial charge in [-0.15, -0.1) is 11.8 Å². The quantitative estimate of drug-likeness (QED) is 0.555. The molecular formula is C14H19NS. The molecule has 0 heterocycles. The van der Waals surface area contributed by atoms with Crippen LogP contribution in [0.15, 0.2) is 29.2 Å². The summed E-state index contributed by atoms with van der Waals surface area (Å²) in [6, 6.07) is 10.8. The minimum Gasteiger partial charge on any atom is -0.198 e. The largest absolute Gasteiger partial charge is 0.198 e. The SMILES string of the molecule is Cc1ccccc1SCCCC(C)(C)C#N. The third-order valence-corrected chi connectivity index (χ3v) is 3.86. The van der Waals surface area contributed by atoms with Crippen LogP contribution in [0.25, 0.3) is 0 Å². The van der Waals surface area contributed by atoms with Crippen molar-refractivity contribution in [3.63, 3.8) is 0 Å². The van der Waals surface area contributed by atoms with Crippen molar-refractivity contribution in [2.45, 2.75) is 38.5 Å². The number of hydrogen-bond acceptors (Lipinski definition) is 2. The molecule has 0 N–H and O–H groups in total. The number of hydrogen-bond donors (Lipinski definition) is 0. The molecule has 0 spiro atoms. The molecule has 1 nitrogen and oxygen atoms in total. The van der Waals surface area contributed by atoms with Crippen LogP contribution in [0.3, 0.4) is 0 Å². The number of nitrogens with zero attached hydrogens (tertiary/aromatic N) is 1. The molecule has 0 fully saturated rings. The first kappa shape index (κ1) is 13.1. The number of rotatable bonds is 5. The van der Waals surface area contributed by atoms with Gasteiger partial charge in [0.15, 0.2) is 0 Å². The zero-order valence-corrected chi connectivity index (χ0v) is 11.1. The molecule has 0 saturated heterocycles. The van der Waals surface area contributed by atoms with Gasteiger partial charge in [-0.1, -0.05) is 18.2 Å². The third kappa shape index (κ3) is 4.28. The van der Waals surface area contributed by atoms with E-state index in [-0.39, 0.29) is 5.41 Å². The lowest BCUT2D eigenvalue weighted by Gasteiger charge is -2.14. The van der Waals surface area contributed by atoms with Crippen LogP contribution in [-0.4, -0.2) is 5.75 Å². The molecular weight excluding hydrogens is 214 g/mol. The maximum atomic E-state index is 8.90. The fourth-order valence-electron chi connectivity index (χ4n) is 1.47. The Hall–Kier alpha value is -0.940. The fourth-order valence-corrected chi connectivity index (χ4v) is 2.45. The molecule has 0 aliphatic heterocycles. The Morgan fingerprint density at radius 1 is 1.31 bits per heavy atom. The summed E-state index contributed by atoms with van der Waals surface area (Å²) in [5.74, 6) is 1.09. The molecule has 0 saturated carbocycles. The van der Waals surface area contributed by atoms with E-state index in [0.717, 1.165) is 18.6 Å². The van der Waals surface area contributed by atoms with Gasteiger partial charge in [-0.2, -0.15) is 5.26 Å². The van der Waals surface area contributed by atoms with Crippen molar-refractivity contribution in [2.24, 2.45) is 5.41 Å². The van der Waals surface area contributed by atoms with Gasteiger partial charge >= 0.3 is 0 Å². The van der Waals surface area contributed by atoms with Gasteiger partial charge in [0, 0.05) is 4.90 Å². The van der Waals surface area contributed by atoms with Crippen molar-refractivity contribution in [1.82, 2.24) is 0 Å². The molecule has 86 valence electrons. The highest BCUT2D eigenvalue weighted by atomic mass is 32.2. The maximum absolute atomic E-state index is 8.90. The van der Waals surface area contributed by atoms with E-state index in [1.807, 2.05) is 25.6 Å². The predicted molar refractivity (Wildman–Crippen MR) is 70.5 cm³/mol. The lowest BCUT2D eigenvalue weighted by atomic mass is 9.90. The Balaban J connectivity index is 2.33. The van der Waals surface area contributed by atoms with Crippen LogP contribution in [0, 0.1) is 23.7 Å². The Morgan fingerprint density at radius 3 is 2.62 bits per heavy atom. The minimum absolute atomic E-state index is 0.174. The molecule has 0 bridgehead atoms. The molecule has 0 unspecified atom stereocenters. The van der Waals surface area contributed by atoms with E-state index in [4.69, 9.17) is 5.26 Å². The van der Waals surface area contributed by atoms with Gasteiger partial charge < -0.3 is 0 Å². The zero-order valence-electron chi connectivity index (χ0n) is 10.3. The Morgan fingerprint density at radius 2 is 2.00 bits per heavy atom. The number of benzene rings is 1. The molecule has 1 aromatic carbocycles. The standard InChI is InChI=1S/C14H19NS/c1-12-7-4-5-8-13(12)16-10-6-9-14(2,3)11-15/h4-5,7-8H,6,9-10H2,1-3H3. The molecule has 16 heavy (non-hydrogen) atoms. The van der Waals surface area contributed by atoms with Crippen molar-refractivity contribution in [1.29, 1.82) is 5.26 Å². The summed E-state index contributed by atoms with van der Waals surface area (Å²) in [5, 5.41) is 8.90. The van der Waals surface area contributed by atoms with Crippen LogP contribution in [0.4, 0.5) is 0 Å². The number of thioether (sulfide) groups is 1. The van der Waals surface area contributed by atoms with Gasteiger partial charge in [0.1, 0.15) is 0 Å². The highest BCUT2D eigenvalue weighted by molar-refractivity contribution is 7.99. The molecule has 1 rings (SSSR count). The van der Waals surface area contributed by atoms with Crippen molar-refractivity contribution in [3.8, 4) is 6.07 Å². The Kier molecular flexibility index (Phi) is 4.89. The van der Waals surface area contributed by atoms with Crippen LogP contribution in [0.2, 0.25) is 0 Å². The highest BCUT2D eigenvalue weighted by Crippen LogP contribution is 2.26. The highest BCUT2D eigenvalue weighted by Gasteiger charge is 2.15. The molecule has 0 aromatic heterocycles. The number of aryl methyl sites for hydroxylation is 1. The van der Waals surface area contributed by atoms with E-state index >= 15 is 0 Å². The number of nitriles is 1. The van der Waals surface area contributed by atoms with Gasteiger partial charge in [0.2, 0.25) is 0 Å². The van der Waals surface area contributed by atoms with Gasteiger partial charge in [-0.05, 0) is 51.0 Å². The molecule has 0 aliphatic rings. The molecule has 1 aromatic rings. The monoisotopic (exact) mass is 233 g/mol. The average Bonchev–Trinajstić information content (AvgIpc) is 2.27. The second-order valence-corrected chi connectivity index (χ2v) is 5.85. The van der Waals surface area contributed by atoms with Gasteiger partial charge in [-0.25, -0.2) is 0 Å². The molecule has 0 radical (unpaired) electrons. The zero-order chi connectivity index (χ0) is 12.0. The summed E-state index contributed by atoms with van der Waals surface area (Å²) in [7, 11) is 0. The summed E-state index contributed by atoms with van der Waals surface area (Å²) >= 11 is 1.89. The first-order chi connectivity index (χ1) is 7.55. The lowest BCUT2D eigenvalue weighted by molar-refractivity contribution is 0.448. The molecule has 2 heteroatoms. The van der Waals surface area contributed by atoms with Crippen LogP contribution < -0.4 is 0 Å². The first-order valence-electron chi connectivity index (χ1n) is 5.65. The average molecular weight is 233 g/mol. The van der Waals surface area contributed by atoms with Gasteiger partial charge in [0.05, 0.1) is 11.5 Å². The fraction of sp³-hybridized carbons (Fsp3) is 0.500. The van der Waals surface area contributed by atoms with E-state index in [2.05, 4.69) is 37.3 Å². The van der Waals surface area contributed by atoms with Crippen LogP contribution in [-0.2, 0) is 0 Å². The summed E-state index contributed by atoms with van der Waals surface area (Å²) in [4.78, 5) is 1.36. The van der Waals surface area contributed by atoms with E-state index in [1.165, 1.54) is 10.5 Å². The Bertz CT molecular complexity index is 377. The first-order valence-corrected chi connectivity index (χ1v) is 6.63. The summed E-state index contributed by atoms with van der Waals surface area (Å²) in [5.41, 5.74) is 1.17. The van der Waals surface area contributed by atoms with Crippen molar-refractivity contribution in [2.75, 3.05) is 5.75 Å². The second-order valence-electron chi connectivity index (χ2n) is 4.71. The summed E-state index contributed by atoms with van der Waals surface area (Å²) < 4.78 is 0. The topological polar surface area (TPSA) is 23.8 Å². The lowest BCUT2D eigenvalue weighted by Crippen LogP contribution is -2.07. The van der Waals surface area contributed by atoms with Crippen LogP contribution in [0.5, 0.6) is 0 Å². The smallest absolute Gasteiger partial charge is 0.0683 e. The molecule has 0 amide bonds. The molecule has 0 aliphatic carbocycles. The van der Waals surface area contributed by atoms with E-state index in [0.29, 0.717) is 0 Å². The van der Waals surface area contributed by atoms with Crippen LogP contribution in [0.1, 0.15) is 32.3 Å². The van der Waals surface area contributed by atoms with Crippen LogP contribution >= 0.6 is 11.8 Å². The van der Waals surface area contributed by atoms with Crippen molar-refractivity contribution >= 4 is 11.8 Å². The summed E-state index contributed by atoms with van der Waals surface area (Å²) in [6.45, 7) is 6.15. The normalized spacial score (nSPS) is 11.1. The van der Waals surface area contributed by atoms with Gasteiger partial charge in [0.25, 0.3) is 0 Å². The predicted octanol–water partition coefficient (Wildman–Crippen LogP) is 4.42. The third-order valence-electron chi connectivity index (χ3n) is 2.60. The maximum Gasteiger partial charge on any atom is 0.0683 e. The van der Waals surface area contributed by atoms with Crippen molar-refractivity contribution in [3.05, 3.63) is 29.8 Å². The van der Waals surface area contributed by atoms with Gasteiger partial charge in [-0.3, -0.25) is 0 Å². The summed E-state index contributed by atoms with van der Waals surface area (Å²) in [6.07, 6.45) is 2.07. The van der Waals surface area contributed by atoms with E-state index in [9.17, 15) is 0 Å². The Labute approximate surface area is 103 Å².